The Balaban J connectivity index is 1.69. The maximum Gasteiger partial charge on any atom is 0.244 e. The van der Waals surface area contributed by atoms with E-state index in [1.165, 1.54) is 5.56 Å². The van der Waals surface area contributed by atoms with Crippen LogP contribution in [0.4, 0.5) is 5.95 Å². The lowest BCUT2D eigenvalue weighted by molar-refractivity contribution is 0.474. The van der Waals surface area contributed by atoms with Gasteiger partial charge in [-0.25, -0.2) is 15.4 Å². The number of rotatable bonds is 5. The van der Waals surface area contributed by atoms with Crippen molar-refractivity contribution in [1.82, 2.24) is 9.97 Å². The standard InChI is InChI=1S/C24H20N4O/c1-17-11-13-19(14-12-17)22-15-21(18-7-3-2-4-8-18)26-24(27-22)28-25-16-20-9-5-6-10-23(20)29/h2-16,29H,1H3,(H,26,27,28). The van der Waals surface area contributed by atoms with Crippen molar-refractivity contribution in [3.8, 4) is 28.3 Å². The summed E-state index contributed by atoms with van der Waals surface area (Å²) in [4.78, 5) is 9.22. The molecule has 0 unspecified atom stereocenters. The minimum atomic E-state index is 0.164. The third-order valence-corrected chi connectivity index (χ3v) is 4.45. The van der Waals surface area contributed by atoms with Gasteiger partial charge in [-0.1, -0.05) is 72.3 Å². The van der Waals surface area contributed by atoms with Gasteiger partial charge in [-0.15, -0.1) is 0 Å². The second-order valence-electron chi connectivity index (χ2n) is 6.62. The van der Waals surface area contributed by atoms with Crippen molar-refractivity contribution in [2.75, 3.05) is 5.43 Å². The molecule has 0 aliphatic heterocycles. The number of nitrogens with zero attached hydrogens (tertiary/aromatic N) is 3. The van der Waals surface area contributed by atoms with E-state index < -0.39 is 0 Å². The Labute approximate surface area is 169 Å². The second-order valence-corrected chi connectivity index (χ2v) is 6.62. The quantitative estimate of drug-likeness (QED) is 0.365. The van der Waals surface area contributed by atoms with Crippen molar-refractivity contribution in [2.24, 2.45) is 5.10 Å². The number of benzene rings is 3. The third kappa shape index (κ3) is 4.47. The summed E-state index contributed by atoms with van der Waals surface area (Å²) in [5.41, 5.74) is 8.29. The molecular formula is C24H20N4O. The average molecular weight is 380 g/mol. The van der Waals surface area contributed by atoms with Crippen molar-refractivity contribution < 1.29 is 5.11 Å². The SMILES string of the molecule is Cc1ccc(-c2cc(-c3ccccc3)nc(NN=Cc3ccccc3O)n2)cc1. The van der Waals surface area contributed by atoms with Gasteiger partial charge in [0.25, 0.3) is 0 Å². The van der Waals surface area contributed by atoms with Crippen LogP contribution in [0.5, 0.6) is 5.75 Å². The summed E-state index contributed by atoms with van der Waals surface area (Å²) in [6.45, 7) is 2.06. The van der Waals surface area contributed by atoms with Crippen molar-refractivity contribution in [3.05, 3.63) is 96.1 Å². The van der Waals surface area contributed by atoms with E-state index in [2.05, 4.69) is 39.6 Å². The molecule has 0 radical (unpaired) electrons. The van der Waals surface area contributed by atoms with Gasteiger partial charge in [0, 0.05) is 16.7 Å². The molecule has 0 saturated carbocycles. The number of phenolic OH excluding ortho intramolecular Hbond substituents is 1. The van der Waals surface area contributed by atoms with E-state index in [0.717, 1.165) is 22.5 Å². The summed E-state index contributed by atoms with van der Waals surface area (Å²) in [6, 6.07) is 27.1. The Kier molecular flexibility index (Phi) is 5.29. The molecule has 0 saturated heterocycles. The molecule has 4 rings (SSSR count). The van der Waals surface area contributed by atoms with Crippen molar-refractivity contribution in [1.29, 1.82) is 0 Å². The number of anilines is 1. The Hall–Kier alpha value is -3.99. The molecule has 4 aromatic rings. The average Bonchev–Trinajstić information content (AvgIpc) is 2.76. The molecule has 3 aromatic carbocycles. The molecule has 5 heteroatoms. The number of nitrogens with one attached hydrogen (secondary N) is 1. The van der Waals surface area contributed by atoms with Crippen molar-refractivity contribution in [3.63, 3.8) is 0 Å². The number of aromatic hydroxyl groups is 1. The summed E-state index contributed by atoms with van der Waals surface area (Å²) in [7, 11) is 0. The number of hydrazone groups is 1. The first-order valence-corrected chi connectivity index (χ1v) is 9.28. The first kappa shape index (κ1) is 18.4. The van der Waals surface area contributed by atoms with E-state index >= 15 is 0 Å². The molecule has 0 bridgehead atoms. The minimum Gasteiger partial charge on any atom is -0.507 e. The minimum absolute atomic E-state index is 0.164. The van der Waals surface area contributed by atoms with E-state index in [1.807, 2.05) is 54.6 Å². The molecule has 0 aliphatic carbocycles. The molecule has 2 N–H and O–H groups in total. The summed E-state index contributed by atoms with van der Waals surface area (Å²) in [6.07, 6.45) is 1.54. The summed E-state index contributed by atoms with van der Waals surface area (Å²) >= 11 is 0. The predicted octanol–water partition coefficient (Wildman–Crippen LogP) is 5.27. The highest BCUT2D eigenvalue weighted by atomic mass is 16.3. The molecule has 0 aliphatic rings. The number of phenols is 1. The highest BCUT2D eigenvalue weighted by Crippen LogP contribution is 2.25. The zero-order valence-electron chi connectivity index (χ0n) is 15.9. The zero-order chi connectivity index (χ0) is 20.1. The number of para-hydroxylation sites is 1. The summed E-state index contributed by atoms with van der Waals surface area (Å²) in [5, 5.41) is 14.1. The topological polar surface area (TPSA) is 70.4 Å². The number of hydrogen-bond acceptors (Lipinski definition) is 5. The predicted molar refractivity (Wildman–Crippen MR) is 117 cm³/mol. The lowest BCUT2D eigenvalue weighted by Crippen LogP contribution is -2.00. The number of hydrogen-bond donors (Lipinski definition) is 2. The number of aromatic nitrogens is 2. The van der Waals surface area contributed by atoms with Crippen LogP contribution in [0, 0.1) is 6.92 Å². The molecule has 5 nitrogen and oxygen atoms in total. The normalized spacial score (nSPS) is 10.9. The summed E-state index contributed by atoms with van der Waals surface area (Å²) in [5.74, 6) is 0.547. The molecule has 0 spiro atoms. The maximum atomic E-state index is 9.87. The van der Waals surface area contributed by atoms with Crippen molar-refractivity contribution >= 4 is 12.2 Å². The van der Waals surface area contributed by atoms with Crippen LogP contribution in [0.25, 0.3) is 22.5 Å². The van der Waals surface area contributed by atoms with Gasteiger partial charge >= 0.3 is 0 Å². The van der Waals surface area contributed by atoms with Crippen LogP contribution < -0.4 is 5.43 Å². The molecule has 0 amide bonds. The van der Waals surface area contributed by atoms with Crippen LogP contribution in [0.2, 0.25) is 0 Å². The molecule has 1 aromatic heterocycles. The van der Waals surface area contributed by atoms with Gasteiger partial charge in [-0.3, -0.25) is 0 Å². The fourth-order valence-electron chi connectivity index (χ4n) is 2.88. The Morgan fingerprint density at radius 1 is 0.793 bits per heavy atom. The van der Waals surface area contributed by atoms with Gasteiger partial charge in [0.15, 0.2) is 0 Å². The molecule has 1 heterocycles. The third-order valence-electron chi connectivity index (χ3n) is 4.45. The van der Waals surface area contributed by atoms with Gasteiger partial charge in [0.05, 0.1) is 17.6 Å². The largest absolute Gasteiger partial charge is 0.507 e. The Morgan fingerprint density at radius 2 is 1.41 bits per heavy atom. The van der Waals surface area contributed by atoms with Crippen LogP contribution in [-0.4, -0.2) is 21.3 Å². The molecule has 142 valence electrons. The van der Waals surface area contributed by atoms with Gasteiger partial charge in [0.2, 0.25) is 5.95 Å². The van der Waals surface area contributed by atoms with Gasteiger partial charge in [-0.2, -0.15) is 5.10 Å². The smallest absolute Gasteiger partial charge is 0.244 e. The molecule has 29 heavy (non-hydrogen) atoms. The van der Waals surface area contributed by atoms with Crippen LogP contribution in [-0.2, 0) is 0 Å². The van der Waals surface area contributed by atoms with E-state index in [0.29, 0.717) is 11.5 Å². The van der Waals surface area contributed by atoms with Crippen LogP contribution in [0.3, 0.4) is 0 Å². The monoisotopic (exact) mass is 380 g/mol. The van der Waals surface area contributed by atoms with E-state index in [4.69, 9.17) is 0 Å². The van der Waals surface area contributed by atoms with E-state index in [9.17, 15) is 5.11 Å². The highest BCUT2D eigenvalue weighted by molar-refractivity contribution is 5.83. The Morgan fingerprint density at radius 3 is 2.10 bits per heavy atom. The lowest BCUT2D eigenvalue weighted by atomic mass is 10.1. The number of aryl methyl sites for hydroxylation is 1. The molecule has 0 atom stereocenters. The van der Waals surface area contributed by atoms with Gasteiger partial charge in [0.1, 0.15) is 5.75 Å². The Bertz CT molecular complexity index is 1140. The maximum absolute atomic E-state index is 9.87. The van der Waals surface area contributed by atoms with E-state index in [1.54, 1.807) is 24.4 Å². The van der Waals surface area contributed by atoms with Crippen molar-refractivity contribution in [2.45, 2.75) is 6.92 Å². The van der Waals surface area contributed by atoms with E-state index in [-0.39, 0.29) is 5.75 Å². The highest BCUT2D eigenvalue weighted by Gasteiger charge is 2.08. The summed E-state index contributed by atoms with van der Waals surface area (Å²) < 4.78 is 0. The first-order valence-electron chi connectivity index (χ1n) is 9.28. The molecular weight excluding hydrogens is 360 g/mol. The van der Waals surface area contributed by atoms with Gasteiger partial charge in [-0.05, 0) is 25.1 Å². The zero-order valence-corrected chi connectivity index (χ0v) is 15.9. The lowest BCUT2D eigenvalue weighted by Gasteiger charge is -2.08. The molecule has 0 fully saturated rings. The van der Waals surface area contributed by atoms with Crippen LogP contribution in [0.1, 0.15) is 11.1 Å². The van der Waals surface area contributed by atoms with Crippen LogP contribution >= 0.6 is 0 Å². The van der Waals surface area contributed by atoms with Gasteiger partial charge < -0.3 is 5.11 Å². The van der Waals surface area contributed by atoms with Crippen LogP contribution in [0.15, 0.2) is 90.0 Å². The second kappa shape index (κ2) is 8.35. The first-order chi connectivity index (χ1) is 14.2. The fourth-order valence-corrected chi connectivity index (χ4v) is 2.88. The fraction of sp³-hybridized carbons (Fsp3) is 0.0417.